The van der Waals surface area contributed by atoms with E-state index in [2.05, 4.69) is 37.3 Å². The highest BCUT2D eigenvalue weighted by Crippen LogP contribution is 2.18. The van der Waals surface area contributed by atoms with Crippen LogP contribution in [0.5, 0.6) is 0 Å². The number of aryl methyl sites for hydroxylation is 1. The number of hydrogen-bond donors (Lipinski definition) is 3. The van der Waals surface area contributed by atoms with Gasteiger partial charge in [-0.15, -0.1) is 0 Å². The van der Waals surface area contributed by atoms with Crippen molar-refractivity contribution in [2.45, 2.75) is 13.8 Å². The fraction of sp³-hybridized carbons (Fsp3) is 0.188. The zero-order valence-corrected chi connectivity index (χ0v) is 12.6. The van der Waals surface area contributed by atoms with Gasteiger partial charge in [0, 0.05) is 10.9 Å². The first-order valence-electron chi connectivity index (χ1n) is 6.95. The number of H-pyrrole nitrogens is 2. The Morgan fingerprint density at radius 3 is 2.91 bits per heavy atom. The van der Waals surface area contributed by atoms with Crippen molar-refractivity contribution >= 4 is 22.6 Å². The highest BCUT2D eigenvalue weighted by Gasteiger charge is 2.14. The number of carbonyl (C=O) groups is 1. The second-order valence-corrected chi connectivity index (χ2v) is 5.04. The standard InChI is InChI=1S/C16H14FN5O/c1-9-10(2)21-22-14(9)16(23)20-13-7-11-6-12(4-3-5-17)19-15(11)18-8-13/h6-8H,5H2,1-2H3,(H,18,19)(H,20,23)(H,21,22). The van der Waals surface area contributed by atoms with E-state index < -0.39 is 6.67 Å². The van der Waals surface area contributed by atoms with E-state index in [0.717, 1.165) is 16.6 Å². The van der Waals surface area contributed by atoms with E-state index in [9.17, 15) is 9.18 Å². The molecule has 1 amide bonds. The fourth-order valence-corrected chi connectivity index (χ4v) is 2.18. The number of hydrogen-bond acceptors (Lipinski definition) is 3. The summed E-state index contributed by atoms with van der Waals surface area (Å²) < 4.78 is 12.1. The van der Waals surface area contributed by atoms with Crippen molar-refractivity contribution in [2.24, 2.45) is 0 Å². The molecule has 0 radical (unpaired) electrons. The Kier molecular flexibility index (Phi) is 3.81. The van der Waals surface area contributed by atoms with Gasteiger partial charge in [-0.25, -0.2) is 9.37 Å². The fourth-order valence-electron chi connectivity index (χ4n) is 2.18. The van der Waals surface area contributed by atoms with Gasteiger partial charge in [-0.1, -0.05) is 5.92 Å². The van der Waals surface area contributed by atoms with Crippen LogP contribution in [0, 0.1) is 25.7 Å². The summed E-state index contributed by atoms with van der Waals surface area (Å²) in [7, 11) is 0. The molecule has 0 aliphatic carbocycles. The van der Waals surface area contributed by atoms with E-state index in [1.54, 1.807) is 18.3 Å². The third kappa shape index (κ3) is 2.92. The van der Waals surface area contributed by atoms with Gasteiger partial charge in [0.1, 0.15) is 11.3 Å². The lowest BCUT2D eigenvalue weighted by Crippen LogP contribution is -2.13. The van der Waals surface area contributed by atoms with E-state index >= 15 is 0 Å². The minimum atomic E-state index is -0.701. The maximum Gasteiger partial charge on any atom is 0.273 e. The number of fused-ring (bicyclic) bond motifs is 1. The van der Waals surface area contributed by atoms with Crippen molar-refractivity contribution in [3.63, 3.8) is 0 Å². The number of aromatic amines is 2. The smallest absolute Gasteiger partial charge is 0.273 e. The van der Waals surface area contributed by atoms with E-state index in [0.29, 0.717) is 22.7 Å². The number of amides is 1. The van der Waals surface area contributed by atoms with Crippen molar-refractivity contribution in [1.29, 1.82) is 0 Å². The predicted molar refractivity (Wildman–Crippen MR) is 85.0 cm³/mol. The lowest BCUT2D eigenvalue weighted by Gasteiger charge is -2.04. The van der Waals surface area contributed by atoms with Crippen LogP contribution in [0.2, 0.25) is 0 Å². The van der Waals surface area contributed by atoms with E-state index in [4.69, 9.17) is 0 Å². The molecule has 0 unspecified atom stereocenters. The Labute approximate surface area is 131 Å². The number of alkyl halides is 1. The summed E-state index contributed by atoms with van der Waals surface area (Å²) in [6.07, 6.45) is 1.54. The largest absolute Gasteiger partial charge is 0.333 e. The number of nitrogens with zero attached hydrogens (tertiary/aromatic N) is 2. The summed E-state index contributed by atoms with van der Waals surface area (Å²) >= 11 is 0. The molecule has 23 heavy (non-hydrogen) atoms. The van der Waals surface area contributed by atoms with Gasteiger partial charge in [-0.2, -0.15) is 5.10 Å². The van der Waals surface area contributed by atoms with Crippen LogP contribution in [0.4, 0.5) is 10.1 Å². The molecule has 3 heterocycles. The third-order valence-corrected chi connectivity index (χ3v) is 3.50. The normalized spacial score (nSPS) is 10.4. The molecule has 6 nitrogen and oxygen atoms in total. The number of aromatic nitrogens is 4. The highest BCUT2D eigenvalue weighted by atomic mass is 19.1. The van der Waals surface area contributed by atoms with E-state index in [1.165, 1.54) is 0 Å². The highest BCUT2D eigenvalue weighted by molar-refractivity contribution is 6.04. The van der Waals surface area contributed by atoms with Crippen molar-refractivity contribution in [3.8, 4) is 11.8 Å². The van der Waals surface area contributed by atoms with E-state index in [1.807, 2.05) is 13.8 Å². The maximum atomic E-state index is 12.2. The van der Waals surface area contributed by atoms with Gasteiger partial charge >= 0.3 is 0 Å². The Morgan fingerprint density at radius 2 is 2.22 bits per heavy atom. The first kappa shape index (κ1) is 14.8. The van der Waals surface area contributed by atoms with E-state index in [-0.39, 0.29) is 5.91 Å². The molecule has 0 saturated heterocycles. The molecule has 7 heteroatoms. The van der Waals surface area contributed by atoms with Crippen molar-refractivity contribution in [2.75, 3.05) is 12.0 Å². The summed E-state index contributed by atoms with van der Waals surface area (Å²) in [6, 6.07) is 3.53. The molecule has 0 atom stereocenters. The molecule has 3 aromatic heterocycles. The molecule has 3 rings (SSSR count). The van der Waals surface area contributed by atoms with Crippen molar-refractivity contribution < 1.29 is 9.18 Å². The molecule has 0 fully saturated rings. The summed E-state index contributed by atoms with van der Waals surface area (Å²) in [5, 5.41) is 10.3. The Morgan fingerprint density at radius 1 is 1.39 bits per heavy atom. The molecule has 0 bridgehead atoms. The summed E-state index contributed by atoms with van der Waals surface area (Å²) in [5.74, 6) is 4.72. The molecule has 0 spiro atoms. The number of nitrogens with one attached hydrogen (secondary N) is 3. The quantitative estimate of drug-likeness (QED) is 0.635. The second-order valence-electron chi connectivity index (χ2n) is 5.04. The Hall–Kier alpha value is -3.14. The molecule has 0 aliphatic heterocycles. The van der Waals surface area contributed by atoms with Crippen LogP contribution in [0.15, 0.2) is 18.3 Å². The minimum absolute atomic E-state index is 0.280. The number of anilines is 1. The number of carbonyl (C=O) groups excluding carboxylic acids is 1. The van der Waals surface area contributed by atoms with Crippen LogP contribution in [0.1, 0.15) is 27.4 Å². The van der Waals surface area contributed by atoms with Crippen LogP contribution in [0.25, 0.3) is 11.0 Å². The summed E-state index contributed by atoms with van der Waals surface area (Å²) in [4.78, 5) is 19.5. The van der Waals surface area contributed by atoms with Crippen LogP contribution in [-0.2, 0) is 0 Å². The monoisotopic (exact) mass is 311 g/mol. The molecule has 3 N–H and O–H groups in total. The van der Waals surface area contributed by atoms with Gasteiger partial charge in [-0.3, -0.25) is 9.89 Å². The first-order valence-corrected chi connectivity index (χ1v) is 6.95. The van der Waals surface area contributed by atoms with Crippen molar-refractivity contribution in [1.82, 2.24) is 20.2 Å². The molecule has 3 aromatic rings. The molecule has 116 valence electrons. The zero-order chi connectivity index (χ0) is 16.4. The van der Waals surface area contributed by atoms with Crippen LogP contribution in [0.3, 0.4) is 0 Å². The number of rotatable bonds is 2. The SMILES string of the molecule is Cc1n[nH]c(C(=O)Nc2cnc3[nH]c(C#CCF)cc3c2)c1C. The summed E-state index contributed by atoms with van der Waals surface area (Å²) in [5.41, 5.74) is 3.77. The van der Waals surface area contributed by atoms with Gasteiger partial charge in [-0.05, 0) is 31.9 Å². The lowest BCUT2D eigenvalue weighted by molar-refractivity contribution is 0.102. The first-order chi connectivity index (χ1) is 11.1. The van der Waals surface area contributed by atoms with Crippen LogP contribution in [-0.4, -0.2) is 32.7 Å². The Bertz CT molecular complexity index is 944. The van der Waals surface area contributed by atoms with Gasteiger partial charge in [0.15, 0.2) is 6.67 Å². The van der Waals surface area contributed by atoms with Gasteiger partial charge in [0.2, 0.25) is 0 Å². The lowest BCUT2D eigenvalue weighted by atomic mass is 10.2. The zero-order valence-electron chi connectivity index (χ0n) is 12.6. The third-order valence-electron chi connectivity index (χ3n) is 3.50. The Balaban J connectivity index is 1.85. The maximum absolute atomic E-state index is 12.2. The van der Waals surface area contributed by atoms with Gasteiger partial charge in [0.25, 0.3) is 5.91 Å². The van der Waals surface area contributed by atoms with Gasteiger partial charge < -0.3 is 10.3 Å². The molecular formula is C16H14FN5O. The molecular weight excluding hydrogens is 297 g/mol. The average Bonchev–Trinajstić information content (AvgIpc) is 3.08. The van der Waals surface area contributed by atoms with Crippen molar-refractivity contribution in [3.05, 3.63) is 41.0 Å². The van der Waals surface area contributed by atoms with Gasteiger partial charge in [0.05, 0.1) is 23.3 Å². The van der Waals surface area contributed by atoms with Crippen LogP contribution >= 0.6 is 0 Å². The topological polar surface area (TPSA) is 86.5 Å². The number of pyridine rings is 1. The second kappa shape index (κ2) is 5.93. The predicted octanol–water partition coefficient (Wildman–Crippen LogP) is 2.48. The average molecular weight is 311 g/mol. The van der Waals surface area contributed by atoms with Crippen LogP contribution < -0.4 is 5.32 Å². The number of halogens is 1. The summed E-state index contributed by atoms with van der Waals surface area (Å²) in [6.45, 7) is 2.96. The molecule has 0 aliphatic rings. The molecule has 0 aromatic carbocycles. The molecule has 0 saturated carbocycles. The minimum Gasteiger partial charge on any atom is -0.333 e.